The summed E-state index contributed by atoms with van der Waals surface area (Å²) in [6, 6.07) is 2.99. The van der Waals surface area contributed by atoms with E-state index in [1.54, 1.807) is 6.07 Å². The van der Waals surface area contributed by atoms with E-state index in [2.05, 4.69) is 19.9 Å². The van der Waals surface area contributed by atoms with Crippen LogP contribution in [0.5, 0.6) is 0 Å². The van der Waals surface area contributed by atoms with Crippen LogP contribution < -0.4 is 0 Å². The molecule has 2 aliphatic rings. The molecule has 15 heteroatoms. The topological polar surface area (TPSA) is 203 Å². The number of carbonyl (C=O) groups is 2. The molecular formula is C20H18N5O8S2+. The fraction of sp³-hybridized carbons (Fsp3) is 0.150. The Kier molecular flexibility index (Phi) is 6.10. The summed E-state index contributed by atoms with van der Waals surface area (Å²) in [5.74, 6) is -1.44. The second kappa shape index (κ2) is 8.77. The summed E-state index contributed by atoms with van der Waals surface area (Å²) in [7, 11) is -8.80. The van der Waals surface area contributed by atoms with Crippen LogP contribution in [0, 0.1) is 0 Å². The quantitative estimate of drug-likeness (QED) is 0.333. The molecule has 35 heavy (non-hydrogen) atoms. The van der Waals surface area contributed by atoms with E-state index in [0.29, 0.717) is 6.08 Å². The van der Waals surface area contributed by atoms with Gasteiger partial charge in [0, 0.05) is 42.7 Å². The van der Waals surface area contributed by atoms with Gasteiger partial charge in [-0.05, 0) is 23.8 Å². The van der Waals surface area contributed by atoms with Crippen LogP contribution in [0.4, 0.5) is 0 Å². The molecular weight excluding hydrogens is 502 g/mol. The number of hydrogen-bond acceptors (Lipinski definition) is 7. The highest BCUT2D eigenvalue weighted by atomic mass is 32.2. The van der Waals surface area contributed by atoms with E-state index in [9.17, 15) is 35.5 Å². The van der Waals surface area contributed by atoms with Crippen molar-refractivity contribution < 1.29 is 40.1 Å². The van der Waals surface area contributed by atoms with Crippen LogP contribution in [-0.4, -0.2) is 75.8 Å². The normalized spacial score (nSPS) is 19.2. The highest BCUT2D eigenvalue weighted by Gasteiger charge is 2.42. The number of aromatic amines is 2. The number of aromatic nitrogens is 3. The number of carbonyl (C=O) groups excluding carboxylic acids is 2. The number of fused-ring (bicyclic) bond motifs is 1. The predicted octanol–water partition coefficient (Wildman–Crippen LogP) is 0.890. The Morgan fingerprint density at radius 2 is 1.86 bits per heavy atom. The van der Waals surface area contributed by atoms with Crippen LogP contribution in [0.2, 0.25) is 0 Å². The van der Waals surface area contributed by atoms with Gasteiger partial charge in [-0.1, -0.05) is 6.08 Å². The third-order valence-electron chi connectivity index (χ3n) is 5.28. The lowest BCUT2D eigenvalue weighted by Gasteiger charge is -2.24. The van der Waals surface area contributed by atoms with Gasteiger partial charge in [0.25, 0.3) is 10.1 Å². The fourth-order valence-corrected chi connectivity index (χ4v) is 5.36. The molecule has 2 aromatic heterocycles. The Balaban J connectivity index is 1.94. The molecule has 0 radical (unpaired) electrons. The van der Waals surface area contributed by atoms with Gasteiger partial charge in [-0.15, -0.1) is 0 Å². The SMILES string of the molecule is C[N+](C(=O)c1ccc[nH]1)=C1C2=CCC(=NC(=O)c3ncc[nH]3)CC2=C(S(=O)(=O)O)C=C1S(=O)(=O)O. The van der Waals surface area contributed by atoms with Gasteiger partial charge in [-0.3, -0.25) is 13.9 Å². The fourth-order valence-electron chi connectivity index (χ4n) is 3.76. The molecule has 0 atom stereocenters. The van der Waals surface area contributed by atoms with E-state index >= 15 is 0 Å². The van der Waals surface area contributed by atoms with Gasteiger partial charge in [0.1, 0.15) is 7.05 Å². The highest BCUT2D eigenvalue weighted by molar-refractivity contribution is 7.91. The minimum Gasteiger partial charge on any atom is -0.353 e. The monoisotopic (exact) mass is 520 g/mol. The Labute approximate surface area is 198 Å². The number of hydrogen-bond donors (Lipinski definition) is 4. The van der Waals surface area contributed by atoms with E-state index in [-0.39, 0.29) is 46.9 Å². The molecule has 2 amide bonds. The number of amides is 2. The minimum absolute atomic E-state index is 0.0170. The molecule has 0 saturated carbocycles. The third-order valence-corrected chi connectivity index (χ3v) is 7.07. The van der Waals surface area contributed by atoms with Crippen molar-refractivity contribution in [2.24, 2.45) is 4.99 Å². The average Bonchev–Trinajstić information content (AvgIpc) is 3.50. The van der Waals surface area contributed by atoms with Gasteiger partial charge in [0.2, 0.25) is 5.71 Å². The zero-order chi connectivity index (χ0) is 25.5. The van der Waals surface area contributed by atoms with Crippen molar-refractivity contribution in [3.63, 3.8) is 0 Å². The van der Waals surface area contributed by atoms with Crippen molar-refractivity contribution in [2.45, 2.75) is 12.8 Å². The molecule has 0 saturated heterocycles. The number of nitrogens with zero attached hydrogens (tertiary/aromatic N) is 3. The smallest absolute Gasteiger partial charge is 0.353 e. The summed E-state index contributed by atoms with van der Waals surface area (Å²) in [5, 5.41) is 0. The molecule has 2 aromatic rings. The maximum atomic E-state index is 13.0. The largest absolute Gasteiger partial charge is 0.436 e. The molecule has 2 aliphatic carbocycles. The van der Waals surface area contributed by atoms with E-state index in [1.807, 2.05) is 0 Å². The molecule has 13 nitrogen and oxygen atoms in total. The van der Waals surface area contributed by atoms with Gasteiger partial charge in [-0.25, -0.2) is 14.8 Å². The average molecular weight is 521 g/mol. The first-order valence-corrected chi connectivity index (χ1v) is 12.8. The zero-order valence-corrected chi connectivity index (χ0v) is 19.6. The zero-order valence-electron chi connectivity index (χ0n) is 18.0. The Morgan fingerprint density at radius 3 is 2.43 bits per heavy atom. The first-order chi connectivity index (χ1) is 16.4. The summed E-state index contributed by atoms with van der Waals surface area (Å²) < 4.78 is 69.4. The highest BCUT2D eigenvalue weighted by Crippen LogP contribution is 2.37. The summed E-state index contributed by atoms with van der Waals surface area (Å²) in [6.07, 6.45) is 5.91. The molecule has 182 valence electrons. The van der Waals surface area contributed by atoms with Crippen LogP contribution in [0.1, 0.15) is 33.9 Å². The first-order valence-electron chi connectivity index (χ1n) is 9.87. The standard InChI is InChI=1S/C20H17N5O8S2/c1-25(20(27)14-3-2-6-21-14)17-12-5-4-11(24-19(26)18-22-7-8-23-18)9-13(12)15(34(28,29)30)10-16(17)35(31,32)33/h2-3,5-8,10H,4,9H2,1H3,(H3-,21,22,23,26,27,28,29,30,31,32,33)/p+1. The van der Waals surface area contributed by atoms with Crippen molar-refractivity contribution >= 4 is 43.5 Å². The maximum Gasteiger partial charge on any atom is 0.436 e. The Bertz CT molecular complexity index is 1610. The van der Waals surface area contributed by atoms with Crippen molar-refractivity contribution in [3.05, 3.63) is 75.4 Å². The second-order valence-electron chi connectivity index (χ2n) is 7.52. The molecule has 4 N–H and O–H groups in total. The molecule has 4 rings (SSSR count). The third kappa shape index (κ3) is 4.74. The van der Waals surface area contributed by atoms with Crippen LogP contribution >= 0.6 is 0 Å². The van der Waals surface area contributed by atoms with Crippen molar-refractivity contribution in [3.8, 4) is 0 Å². The van der Waals surface area contributed by atoms with Crippen molar-refractivity contribution in [2.75, 3.05) is 7.05 Å². The number of aliphatic imine (C=N–C) groups is 1. The molecule has 0 aliphatic heterocycles. The Morgan fingerprint density at radius 1 is 1.11 bits per heavy atom. The molecule has 2 heterocycles. The van der Waals surface area contributed by atoms with Crippen LogP contribution in [0.15, 0.2) is 68.8 Å². The van der Waals surface area contributed by atoms with Gasteiger partial charge in [0.05, 0.1) is 4.91 Å². The van der Waals surface area contributed by atoms with Crippen LogP contribution in [0.25, 0.3) is 0 Å². The number of imidazole rings is 1. The van der Waals surface area contributed by atoms with Gasteiger partial charge in [-0.2, -0.15) is 21.4 Å². The summed E-state index contributed by atoms with van der Waals surface area (Å²) in [4.78, 5) is 36.6. The Hall–Kier alpha value is -3.79. The first kappa shape index (κ1) is 24.3. The van der Waals surface area contributed by atoms with Gasteiger partial charge < -0.3 is 9.97 Å². The summed E-state index contributed by atoms with van der Waals surface area (Å²) >= 11 is 0. The van der Waals surface area contributed by atoms with E-state index in [1.165, 1.54) is 37.8 Å². The lowest BCUT2D eigenvalue weighted by molar-refractivity contribution is -0.393. The van der Waals surface area contributed by atoms with Crippen molar-refractivity contribution in [1.29, 1.82) is 0 Å². The molecule has 0 spiro atoms. The molecule has 0 fully saturated rings. The minimum atomic E-state index is -5.06. The number of rotatable bonds is 4. The molecule has 0 bridgehead atoms. The van der Waals surface area contributed by atoms with Crippen LogP contribution in [-0.2, 0) is 20.2 Å². The lowest BCUT2D eigenvalue weighted by Crippen LogP contribution is -2.34. The second-order valence-corrected chi connectivity index (χ2v) is 10.3. The summed E-state index contributed by atoms with van der Waals surface area (Å²) in [5.41, 5.74) is -0.125. The van der Waals surface area contributed by atoms with Crippen molar-refractivity contribution in [1.82, 2.24) is 15.0 Å². The maximum absolute atomic E-state index is 13.0. The summed E-state index contributed by atoms with van der Waals surface area (Å²) in [6.45, 7) is 0. The molecule has 0 unspecified atom stereocenters. The van der Waals surface area contributed by atoms with Gasteiger partial charge >= 0.3 is 21.9 Å². The number of allylic oxidation sites excluding steroid dienone is 5. The number of nitrogens with one attached hydrogen (secondary N) is 2. The van der Waals surface area contributed by atoms with E-state index in [0.717, 1.165) is 4.58 Å². The molecule has 0 aromatic carbocycles. The van der Waals surface area contributed by atoms with E-state index in [4.69, 9.17) is 0 Å². The number of H-pyrrole nitrogens is 2. The predicted molar refractivity (Wildman–Crippen MR) is 122 cm³/mol. The van der Waals surface area contributed by atoms with E-state index < -0.39 is 41.9 Å². The lowest BCUT2D eigenvalue weighted by atomic mass is 9.85. The van der Waals surface area contributed by atoms with Gasteiger partial charge in [0.15, 0.2) is 16.4 Å². The van der Waals surface area contributed by atoms with Crippen LogP contribution in [0.3, 0.4) is 0 Å².